The van der Waals surface area contributed by atoms with Crippen molar-refractivity contribution in [1.82, 2.24) is 10.6 Å². The molecule has 0 aromatic rings. The van der Waals surface area contributed by atoms with E-state index in [0.717, 1.165) is 19.4 Å². The Morgan fingerprint density at radius 2 is 1.82 bits per heavy atom. The van der Waals surface area contributed by atoms with Crippen molar-refractivity contribution in [3.63, 3.8) is 0 Å². The average molecular weight is 240 g/mol. The van der Waals surface area contributed by atoms with E-state index in [1.54, 1.807) is 0 Å². The minimum atomic E-state index is -0.0359. The summed E-state index contributed by atoms with van der Waals surface area (Å²) in [5, 5.41) is 6.32. The van der Waals surface area contributed by atoms with Gasteiger partial charge in [0.2, 0.25) is 5.91 Å². The molecule has 0 aromatic heterocycles. The van der Waals surface area contributed by atoms with Gasteiger partial charge in [0.1, 0.15) is 0 Å². The van der Waals surface area contributed by atoms with Crippen molar-refractivity contribution in [3.8, 4) is 0 Å². The van der Waals surface area contributed by atoms with Gasteiger partial charge in [-0.3, -0.25) is 4.79 Å². The van der Waals surface area contributed by atoms with Gasteiger partial charge in [0.15, 0.2) is 0 Å². The van der Waals surface area contributed by atoms with E-state index in [9.17, 15) is 4.79 Å². The zero-order chi connectivity index (χ0) is 12.5. The van der Waals surface area contributed by atoms with E-state index >= 15 is 0 Å². The molecule has 1 saturated carbocycles. The summed E-state index contributed by atoms with van der Waals surface area (Å²) in [4.78, 5) is 11.6. The average Bonchev–Trinajstić information content (AvgIpc) is 3.11. The lowest BCUT2D eigenvalue weighted by molar-refractivity contribution is -0.122. The summed E-state index contributed by atoms with van der Waals surface area (Å²) in [5.41, 5.74) is 0. The molecule has 0 spiro atoms. The standard InChI is InChI=1S/C14H28N2O/c1-3-4-5-6-7-8-11-15-12(2)14(17)16-13-9-10-13/h12-13,15H,3-11H2,1-2H3,(H,16,17). The van der Waals surface area contributed by atoms with Gasteiger partial charge in [-0.15, -0.1) is 0 Å². The van der Waals surface area contributed by atoms with Crippen molar-refractivity contribution in [3.05, 3.63) is 0 Å². The fraction of sp³-hybridized carbons (Fsp3) is 0.929. The summed E-state index contributed by atoms with van der Waals surface area (Å²) in [6.45, 7) is 5.15. The van der Waals surface area contributed by atoms with Gasteiger partial charge < -0.3 is 10.6 Å². The van der Waals surface area contributed by atoms with Crippen molar-refractivity contribution in [1.29, 1.82) is 0 Å². The fourth-order valence-electron chi connectivity index (χ4n) is 1.87. The van der Waals surface area contributed by atoms with Crippen LogP contribution in [0.4, 0.5) is 0 Å². The number of carbonyl (C=O) groups excluding carboxylic acids is 1. The molecule has 100 valence electrons. The maximum absolute atomic E-state index is 11.6. The Morgan fingerprint density at radius 1 is 1.18 bits per heavy atom. The molecule has 0 aromatic carbocycles. The van der Waals surface area contributed by atoms with Gasteiger partial charge in [0.05, 0.1) is 6.04 Å². The van der Waals surface area contributed by atoms with E-state index in [0.29, 0.717) is 6.04 Å². The van der Waals surface area contributed by atoms with E-state index in [1.165, 1.54) is 38.5 Å². The molecule has 0 aliphatic heterocycles. The Labute approximate surface area is 106 Å². The first kappa shape index (κ1) is 14.5. The number of hydrogen-bond acceptors (Lipinski definition) is 2. The van der Waals surface area contributed by atoms with E-state index < -0.39 is 0 Å². The van der Waals surface area contributed by atoms with Gasteiger partial charge >= 0.3 is 0 Å². The molecular formula is C14H28N2O. The summed E-state index contributed by atoms with van der Waals surface area (Å²) in [6.07, 6.45) is 10.1. The molecule has 1 fully saturated rings. The van der Waals surface area contributed by atoms with Crippen LogP contribution in [0.15, 0.2) is 0 Å². The predicted molar refractivity (Wildman–Crippen MR) is 72.0 cm³/mol. The SMILES string of the molecule is CCCCCCCCNC(C)C(=O)NC1CC1. The lowest BCUT2D eigenvalue weighted by Crippen LogP contribution is -2.43. The minimum absolute atomic E-state index is 0.0359. The number of rotatable bonds is 10. The van der Waals surface area contributed by atoms with E-state index in [1.807, 2.05) is 6.92 Å². The first-order chi connectivity index (χ1) is 8.24. The van der Waals surface area contributed by atoms with Gasteiger partial charge in [-0.1, -0.05) is 39.0 Å². The van der Waals surface area contributed by atoms with Crippen LogP contribution < -0.4 is 10.6 Å². The third-order valence-corrected chi connectivity index (χ3v) is 3.30. The van der Waals surface area contributed by atoms with Crippen LogP contribution in [-0.2, 0) is 4.79 Å². The Morgan fingerprint density at radius 3 is 2.47 bits per heavy atom. The molecule has 0 radical (unpaired) electrons. The van der Waals surface area contributed by atoms with Crippen LogP contribution >= 0.6 is 0 Å². The highest BCUT2D eigenvalue weighted by Gasteiger charge is 2.25. The highest BCUT2D eigenvalue weighted by molar-refractivity contribution is 5.81. The Balaban J connectivity index is 1.88. The summed E-state index contributed by atoms with van der Waals surface area (Å²) < 4.78 is 0. The first-order valence-corrected chi connectivity index (χ1v) is 7.27. The number of amides is 1. The summed E-state index contributed by atoms with van der Waals surface area (Å²) in [6, 6.07) is 0.437. The highest BCUT2D eigenvalue weighted by atomic mass is 16.2. The second-order valence-electron chi connectivity index (χ2n) is 5.23. The molecule has 1 rings (SSSR count). The van der Waals surface area contributed by atoms with Crippen LogP contribution in [0.2, 0.25) is 0 Å². The lowest BCUT2D eigenvalue weighted by Gasteiger charge is -2.13. The number of carbonyl (C=O) groups is 1. The summed E-state index contributed by atoms with van der Waals surface area (Å²) in [7, 11) is 0. The maximum atomic E-state index is 11.6. The normalized spacial score (nSPS) is 16.8. The van der Waals surface area contributed by atoms with Gasteiger partial charge in [-0.2, -0.15) is 0 Å². The lowest BCUT2D eigenvalue weighted by atomic mass is 10.1. The third-order valence-electron chi connectivity index (χ3n) is 3.30. The van der Waals surface area contributed by atoms with Crippen LogP contribution in [0.25, 0.3) is 0 Å². The van der Waals surface area contributed by atoms with E-state index in [-0.39, 0.29) is 11.9 Å². The van der Waals surface area contributed by atoms with Crippen molar-refractivity contribution < 1.29 is 4.79 Å². The van der Waals surface area contributed by atoms with Crippen molar-refractivity contribution in [2.45, 2.75) is 77.3 Å². The molecule has 3 nitrogen and oxygen atoms in total. The Kier molecular flexibility index (Phi) is 7.25. The van der Waals surface area contributed by atoms with E-state index in [4.69, 9.17) is 0 Å². The van der Waals surface area contributed by atoms with Gasteiger partial charge in [-0.25, -0.2) is 0 Å². The molecule has 1 aliphatic rings. The first-order valence-electron chi connectivity index (χ1n) is 7.27. The highest BCUT2D eigenvalue weighted by Crippen LogP contribution is 2.18. The van der Waals surface area contributed by atoms with Crippen LogP contribution in [0, 0.1) is 0 Å². The molecule has 0 saturated heterocycles. The summed E-state index contributed by atoms with van der Waals surface area (Å²) >= 11 is 0. The Hall–Kier alpha value is -0.570. The van der Waals surface area contributed by atoms with Gasteiger partial charge in [0, 0.05) is 6.04 Å². The topological polar surface area (TPSA) is 41.1 Å². The molecule has 1 atom stereocenters. The molecule has 2 N–H and O–H groups in total. The molecule has 3 heteroatoms. The number of nitrogens with one attached hydrogen (secondary N) is 2. The van der Waals surface area contributed by atoms with Crippen molar-refractivity contribution in [2.75, 3.05) is 6.54 Å². The molecule has 0 heterocycles. The quantitative estimate of drug-likeness (QED) is 0.576. The van der Waals surface area contributed by atoms with Crippen molar-refractivity contribution >= 4 is 5.91 Å². The fourth-order valence-corrected chi connectivity index (χ4v) is 1.87. The molecule has 1 unspecified atom stereocenters. The second-order valence-corrected chi connectivity index (χ2v) is 5.23. The largest absolute Gasteiger partial charge is 0.352 e. The van der Waals surface area contributed by atoms with Gasteiger partial charge in [0.25, 0.3) is 0 Å². The predicted octanol–water partition coefficient (Wildman–Crippen LogP) is 2.60. The number of unbranched alkanes of at least 4 members (excludes halogenated alkanes) is 5. The zero-order valence-corrected chi connectivity index (χ0v) is 11.4. The monoisotopic (exact) mass is 240 g/mol. The minimum Gasteiger partial charge on any atom is -0.352 e. The van der Waals surface area contributed by atoms with Crippen LogP contribution in [-0.4, -0.2) is 24.5 Å². The maximum Gasteiger partial charge on any atom is 0.237 e. The molecular weight excluding hydrogens is 212 g/mol. The van der Waals surface area contributed by atoms with Crippen LogP contribution in [0.3, 0.4) is 0 Å². The third kappa shape index (κ3) is 7.37. The van der Waals surface area contributed by atoms with E-state index in [2.05, 4.69) is 17.6 Å². The van der Waals surface area contributed by atoms with Crippen LogP contribution in [0.1, 0.15) is 65.2 Å². The van der Waals surface area contributed by atoms with Crippen LogP contribution in [0.5, 0.6) is 0 Å². The van der Waals surface area contributed by atoms with Crippen molar-refractivity contribution in [2.24, 2.45) is 0 Å². The summed E-state index contributed by atoms with van der Waals surface area (Å²) in [5.74, 6) is 0.165. The zero-order valence-electron chi connectivity index (χ0n) is 11.4. The molecule has 0 bridgehead atoms. The molecule has 17 heavy (non-hydrogen) atoms. The smallest absolute Gasteiger partial charge is 0.237 e. The Bertz CT molecular complexity index is 214. The molecule has 1 aliphatic carbocycles. The molecule has 1 amide bonds. The number of hydrogen-bond donors (Lipinski definition) is 2. The second kappa shape index (κ2) is 8.51. The van der Waals surface area contributed by atoms with Gasteiger partial charge in [-0.05, 0) is 32.7 Å².